The summed E-state index contributed by atoms with van der Waals surface area (Å²) < 4.78 is 6.51. The average molecular weight is 403 g/mol. The maximum atomic E-state index is 7.34. The van der Waals surface area contributed by atoms with Crippen molar-refractivity contribution in [2.45, 2.75) is 37.7 Å². The van der Waals surface area contributed by atoms with E-state index in [1.165, 1.54) is 11.1 Å². The molecule has 1 aliphatic carbocycles. The quantitative estimate of drug-likeness (QED) is 0.342. The summed E-state index contributed by atoms with van der Waals surface area (Å²) in [5.74, 6) is 1.09. The van der Waals surface area contributed by atoms with E-state index < -0.39 is 0 Å². The number of fused-ring (bicyclic) bond motifs is 2. The summed E-state index contributed by atoms with van der Waals surface area (Å²) in [5, 5.41) is 4.17. The molecule has 150 valence electrons. The Labute approximate surface area is 182 Å². The van der Waals surface area contributed by atoms with Gasteiger partial charge in [-0.05, 0) is 59.7 Å². The molecule has 0 radical (unpaired) electrons. The molecule has 0 bridgehead atoms. The first-order valence-electron chi connectivity index (χ1n) is 10.6. The molecule has 2 unspecified atom stereocenters. The largest absolute Gasteiger partial charge is 0.489 e. The van der Waals surface area contributed by atoms with E-state index >= 15 is 0 Å². The first-order valence-corrected chi connectivity index (χ1v) is 10.6. The highest BCUT2D eigenvalue weighted by molar-refractivity contribution is 6.05. The summed E-state index contributed by atoms with van der Waals surface area (Å²) in [6, 6.07) is 22.3. The Bertz CT molecular complexity index is 1260. The maximum Gasteiger partial charge on any atom is 0.187 e. The molecule has 0 N–H and O–H groups in total. The fourth-order valence-corrected chi connectivity index (χ4v) is 4.86. The van der Waals surface area contributed by atoms with Crippen LogP contribution in [0.2, 0.25) is 0 Å². The van der Waals surface area contributed by atoms with E-state index in [4.69, 9.17) is 17.9 Å². The summed E-state index contributed by atoms with van der Waals surface area (Å²) in [6.07, 6.45) is 3.96. The van der Waals surface area contributed by atoms with E-state index in [-0.39, 0.29) is 6.10 Å². The van der Waals surface area contributed by atoms with Crippen LogP contribution in [0.4, 0.5) is 5.69 Å². The molecule has 5 rings (SSSR count). The zero-order chi connectivity index (χ0) is 21.2. The van der Waals surface area contributed by atoms with Gasteiger partial charge >= 0.3 is 0 Å². The predicted octanol–water partition coefficient (Wildman–Crippen LogP) is 6.80. The summed E-state index contributed by atoms with van der Waals surface area (Å²) in [5.41, 5.74) is 7.02. The number of hydrogen-bond acceptors (Lipinski definition) is 2. The van der Waals surface area contributed by atoms with Gasteiger partial charge in [-0.3, -0.25) is 0 Å². The van der Waals surface area contributed by atoms with Gasteiger partial charge < -0.3 is 4.74 Å². The Balaban J connectivity index is 1.52. The molecule has 2 aliphatic rings. The van der Waals surface area contributed by atoms with Gasteiger partial charge in [0.15, 0.2) is 5.69 Å². The molecule has 2 atom stereocenters. The van der Waals surface area contributed by atoms with Crippen molar-refractivity contribution in [3.05, 3.63) is 106 Å². The summed E-state index contributed by atoms with van der Waals surface area (Å²) in [4.78, 5) is 6.89. The topological polar surface area (TPSA) is 30.3 Å². The van der Waals surface area contributed by atoms with E-state index in [1.807, 2.05) is 36.4 Å². The van der Waals surface area contributed by atoms with Crippen molar-refractivity contribution in [3.8, 4) is 16.9 Å². The van der Waals surface area contributed by atoms with Crippen LogP contribution < -0.4 is 4.74 Å². The molecule has 1 aliphatic heterocycles. The Morgan fingerprint density at radius 3 is 2.68 bits per heavy atom. The van der Waals surface area contributed by atoms with Crippen LogP contribution in [0.1, 0.15) is 41.9 Å². The molecule has 3 aromatic rings. The third-order valence-electron chi connectivity index (χ3n) is 6.31. The number of ether oxygens (including phenoxy) is 1. The van der Waals surface area contributed by atoms with Crippen LogP contribution in [0.15, 0.2) is 71.8 Å². The lowest BCUT2D eigenvalue weighted by atomic mass is 9.77. The predicted molar refractivity (Wildman–Crippen MR) is 122 cm³/mol. The Kier molecular flexibility index (Phi) is 4.98. The van der Waals surface area contributed by atoms with Gasteiger partial charge in [0.2, 0.25) is 0 Å². The van der Waals surface area contributed by atoms with Gasteiger partial charge in [-0.15, -0.1) is 4.95 Å². The average Bonchev–Trinajstić information content (AvgIpc) is 2.83. The summed E-state index contributed by atoms with van der Waals surface area (Å²) >= 11 is 0. The van der Waals surface area contributed by atoms with Gasteiger partial charge in [-0.2, -0.15) is 6.57 Å². The summed E-state index contributed by atoms with van der Waals surface area (Å²) in [6.45, 7) is 14.6. The van der Waals surface area contributed by atoms with Crippen molar-refractivity contribution in [3.63, 3.8) is 0 Å². The SMILES string of the molecule is [C-]#[N+]/N=C1\CC(C2CCCc3ccccc32)Oc2ccc(-c3cccc([N+]#[C-])c3)cc21. The van der Waals surface area contributed by atoms with Crippen LogP contribution >= 0.6 is 0 Å². The first kappa shape index (κ1) is 19.1. The minimum absolute atomic E-state index is 0.0225. The monoisotopic (exact) mass is 403 g/mol. The number of rotatable bonds is 2. The minimum Gasteiger partial charge on any atom is -0.489 e. The molecule has 0 aromatic heterocycles. The summed E-state index contributed by atoms with van der Waals surface area (Å²) in [7, 11) is 0. The molecule has 0 amide bonds. The number of hydrogen-bond donors (Lipinski definition) is 0. The van der Waals surface area contributed by atoms with Gasteiger partial charge in [0.25, 0.3) is 0 Å². The van der Waals surface area contributed by atoms with E-state index in [9.17, 15) is 0 Å². The number of nitrogens with zero attached hydrogens (tertiary/aromatic N) is 3. The minimum atomic E-state index is -0.0225. The number of aryl methyl sites for hydroxylation is 1. The van der Waals surface area contributed by atoms with Gasteiger partial charge in [0, 0.05) is 17.9 Å². The van der Waals surface area contributed by atoms with Crippen LogP contribution in [0.25, 0.3) is 20.9 Å². The van der Waals surface area contributed by atoms with Crippen LogP contribution in [0.3, 0.4) is 0 Å². The van der Waals surface area contributed by atoms with E-state index in [0.717, 1.165) is 47.4 Å². The molecular weight excluding hydrogens is 382 g/mol. The van der Waals surface area contributed by atoms with Crippen molar-refractivity contribution in [2.75, 3.05) is 0 Å². The molecule has 0 fully saturated rings. The molecule has 1 heterocycles. The Morgan fingerprint density at radius 2 is 1.81 bits per heavy atom. The molecule has 0 spiro atoms. The van der Waals surface area contributed by atoms with Crippen molar-refractivity contribution in [1.82, 2.24) is 0 Å². The molecule has 0 saturated carbocycles. The van der Waals surface area contributed by atoms with E-state index in [2.05, 4.69) is 39.2 Å². The molecule has 4 nitrogen and oxygen atoms in total. The van der Waals surface area contributed by atoms with Crippen molar-refractivity contribution >= 4 is 11.4 Å². The van der Waals surface area contributed by atoms with Gasteiger partial charge in [0.05, 0.1) is 11.7 Å². The Morgan fingerprint density at radius 1 is 0.935 bits per heavy atom. The van der Waals surface area contributed by atoms with Crippen molar-refractivity contribution in [2.24, 2.45) is 5.10 Å². The lowest BCUT2D eigenvalue weighted by Gasteiger charge is -2.35. The van der Waals surface area contributed by atoms with Crippen LogP contribution in [-0.4, -0.2) is 11.8 Å². The lowest BCUT2D eigenvalue weighted by Crippen LogP contribution is -2.34. The van der Waals surface area contributed by atoms with Gasteiger partial charge in [-0.25, -0.2) is 4.85 Å². The second-order valence-electron chi connectivity index (χ2n) is 8.08. The highest BCUT2D eigenvalue weighted by atomic mass is 16.5. The molecule has 0 saturated heterocycles. The van der Waals surface area contributed by atoms with Gasteiger partial charge in [-0.1, -0.05) is 48.5 Å². The standard InChI is InChI=1S/C27H21N3O/c1-28-21-10-5-9-19(15-21)20-13-14-26-24(16-20)25(30-29-2)17-27(31-26)23-12-6-8-18-7-3-4-11-22(18)23/h3-5,7,9-11,13-16,23,27H,6,8,12,17H2/b30-25+. The smallest absolute Gasteiger partial charge is 0.187 e. The normalized spacial score (nSPS) is 20.6. The van der Waals surface area contributed by atoms with E-state index in [1.54, 1.807) is 6.07 Å². The zero-order valence-corrected chi connectivity index (χ0v) is 17.1. The van der Waals surface area contributed by atoms with Gasteiger partial charge in [0.1, 0.15) is 17.6 Å². The Hall–Kier alpha value is -3.89. The molecule has 4 heteroatoms. The highest BCUT2D eigenvalue weighted by Gasteiger charge is 2.35. The second-order valence-corrected chi connectivity index (χ2v) is 8.08. The van der Waals surface area contributed by atoms with Crippen LogP contribution in [-0.2, 0) is 6.42 Å². The van der Waals surface area contributed by atoms with Crippen LogP contribution in [0.5, 0.6) is 5.75 Å². The van der Waals surface area contributed by atoms with Crippen molar-refractivity contribution < 1.29 is 4.74 Å². The highest BCUT2D eigenvalue weighted by Crippen LogP contribution is 2.41. The first-order chi connectivity index (χ1) is 15.3. The maximum absolute atomic E-state index is 7.34. The van der Waals surface area contributed by atoms with Crippen molar-refractivity contribution in [1.29, 1.82) is 0 Å². The lowest BCUT2D eigenvalue weighted by molar-refractivity contribution is 0.160. The fourth-order valence-electron chi connectivity index (χ4n) is 4.86. The third-order valence-corrected chi connectivity index (χ3v) is 6.31. The van der Waals surface area contributed by atoms with E-state index in [0.29, 0.717) is 18.0 Å². The molecule has 3 aromatic carbocycles. The van der Waals surface area contributed by atoms with Crippen LogP contribution in [0, 0.1) is 13.1 Å². The third kappa shape index (κ3) is 3.58. The fraction of sp³-hybridized carbons (Fsp3) is 0.222. The number of benzene rings is 3. The second kappa shape index (κ2) is 8.09. The molecule has 31 heavy (non-hydrogen) atoms. The molecular formula is C27H21N3O. The zero-order valence-electron chi connectivity index (χ0n) is 17.1.